The number of nitrogens with one attached hydrogen (secondary N) is 1. The first-order valence-electron chi connectivity index (χ1n) is 23.8. The fourth-order valence-corrected chi connectivity index (χ4v) is 12.1. The van der Waals surface area contributed by atoms with Crippen LogP contribution in [0.25, 0.3) is 11.1 Å². The molecule has 2 aromatic heterocycles. The summed E-state index contributed by atoms with van der Waals surface area (Å²) in [5.41, 5.74) is 11.5. The first-order chi connectivity index (χ1) is 31.6. The van der Waals surface area contributed by atoms with Crippen LogP contribution >= 0.6 is 0 Å². The maximum Gasteiger partial charge on any atom is 0.255 e. The van der Waals surface area contributed by atoms with Gasteiger partial charge in [0.05, 0.1) is 5.69 Å². The molecule has 1 unspecified atom stereocenters. The highest BCUT2D eigenvalue weighted by atomic mass is 19.1. The predicted octanol–water partition coefficient (Wildman–Crippen LogP) is 5.98. The third-order valence-corrected chi connectivity index (χ3v) is 15.7. The number of nitrogen functional groups attached to an aromatic ring is 1. The van der Waals surface area contributed by atoms with Gasteiger partial charge in [0.25, 0.3) is 5.91 Å². The van der Waals surface area contributed by atoms with Crippen LogP contribution < -0.4 is 30.5 Å². The predicted molar refractivity (Wildman–Crippen MR) is 245 cm³/mol. The Hall–Kier alpha value is -5.96. The van der Waals surface area contributed by atoms with Gasteiger partial charge >= 0.3 is 0 Å². The van der Waals surface area contributed by atoms with Crippen molar-refractivity contribution in [2.24, 2.45) is 17.8 Å². The van der Waals surface area contributed by atoms with Gasteiger partial charge in [-0.05, 0) is 131 Å². The molecule has 0 radical (unpaired) electrons. The van der Waals surface area contributed by atoms with Gasteiger partial charge in [0, 0.05) is 98.1 Å². The van der Waals surface area contributed by atoms with Crippen molar-refractivity contribution < 1.29 is 28.6 Å². The number of nitrogens with zero attached hydrogens (tertiary/aromatic N) is 7. The molecule has 6 aliphatic heterocycles. The maximum absolute atomic E-state index is 15.0. The van der Waals surface area contributed by atoms with Gasteiger partial charge in [-0.3, -0.25) is 19.7 Å². The number of carbonyl (C=O) groups excluding carboxylic acids is 3. The van der Waals surface area contributed by atoms with E-state index in [0.717, 1.165) is 107 Å². The average molecular weight is 884 g/mol. The van der Waals surface area contributed by atoms with E-state index in [2.05, 4.69) is 59.1 Å². The lowest BCUT2D eigenvalue weighted by molar-refractivity contribution is -0.136. The Morgan fingerprint density at radius 3 is 2.32 bits per heavy atom. The molecule has 14 nitrogen and oxygen atoms in total. The summed E-state index contributed by atoms with van der Waals surface area (Å²) in [4.78, 5) is 57.5. The Bertz CT molecular complexity index is 2470. The molecular formula is C50H58FN9O5. The molecule has 3 amide bonds. The highest BCUT2D eigenvalue weighted by molar-refractivity contribution is 6.05. The summed E-state index contributed by atoms with van der Waals surface area (Å²) in [6.07, 6.45) is 11.7. The van der Waals surface area contributed by atoms with Gasteiger partial charge in [0.2, 0.25) is 23.6 Å². The second-order valence-electron chi connectivity index (χ2n) is 19.6. The summed E-state index contributed by atoms with van der Waals surface area (Å²) >= 11 is 0. The number of para-hydroxylation sites is 1. The Balaban J connectivity index is 0.623. The summed E-state index contributed by atoms with van der Waals surface area (Å²) in [6, 6.07) is 18.6. The highest BCUT2D eigenvalue weighted by Gasteiger charge is 2.43. The molecule has 1 saturated carbocycles. The molecule has 340 valence electrons. The fraction of sp³-hybridized carbons (Fsp3) is 0.500. The van der Waals surface area contributed by atoms with Crippen LogP contribution in [0.2, 0.25) is 0 Å². The lowest BCUT2D eigenvalue weighted by Crippen LogP contribution is -2.54. The molecule has 2 aromatic carbocycles. The van der Waals surface area contributed by atoms with Crippen molar-refractivity contribution in [1.82, 2.24) is 25.1 Å². The number of ether oxygens (including phenoxy) is 1. The number of hydrogen-bond acceptors (Lipinski definition) is 12. The van der Waals surface area contributed by atoms with Crippen molar-refractivity contribution in [3.63, 3.8) is 0 Å². The standard InChI is InChI=1S/C50H58FN9O5/c51-47-41(40-3-1-2-4-44(40)61)25-43(48(52)55-47)58-28-36-5-6-37(29-58)60(36)35-11-16-53-46(24-35)65-38-22-32(23-38)31-14-17-56(18-15-31)26-30-12-19-57(20-13-30)34-7-8-39-33(21-34)27-59(50(39)64)42-9-10-45(62)54-49(42)63/h1-4,7-8,11,16,21,24-25,30-32,36-38,42,61H,5-6,9-10,12-15,17-20,22-23,26-29H2,(H2,52,55)(H,54,62,63)/t32?,36-,37-,38?,42?/m1/s1. The highest BCUT2D eigenvalue weighted by Crippen LogP contribution is 2.44. The van der Waals surface area contributed by atoms with E-state index >= 15 is 4.39 Å². The Morgan fingerprint density at radius 1 is 0.800 bits per heavy atom. The van der Waals surface area contributed by atoms with Crippen LogP contribution in [-0.4, -0.2) is 113 Å². The largest absolute Gasteiger partial charge is 0.507 e. The fourth-order valence-electron chi connectivity index (χ4n) is 12.1. The van der Waals surface area contributed by atoms with Gasteiger partial charge < -0.3 is 40.1 Å². The Morgan fingerprint density at radius 2 is 1.57 bits per heavy atom. The molecule has 11 rings (SSSR count). The number of aromatic hydroxyl groups is 1. The van der Waals surface area contributed by atoms with Crippen LogP contribution in [0.4, 0.5) is 27.3 Å². The molecule has 4 aromatic rings. The minimum Gasteiger partial charge on any atom is -0.507 e. The number of piperidine rings is 3. The Kier molecular flexibility index (Phi) is 11.0. The molecule has 2 bridgehead atoms. The molecule has 8 heterocycles. The van der Waals surface area contributed by atoms with Crippen LogP contribution in [0, 0.1) is 23.7 Å². The number of halogens is 1. The van der Waals surface area contributed by atoms with E-state index in [1.807, 2.05) is 12.3 Å². The number of rotatable bonds is 10. The molecule has 0 spiro atoms. The number of imide groups is 1. The molecule has 5 saturated heterocycles. The molecule has 4 N–H and O–H groups in total. The van der Waals surface area contributed by atoms with Crippen LogP contribution in [0.5, 0.6) is 11.6 Å². The molecular weight excluding hydrogens is 826 g/mol. The first-order valence-corrected chi connectivity index (χ1v) is 23.8. The number of amides is 3. The SMILES string of the molecule is Nc1nc(F)c(-c2ccccc2O)cc1N1C[C@H]2CC[C@H](C1)N2c1ccnc(OC2CC(C3CCN(CC4CCN(c5ccc6c(c5)CN(C5CCC(=O)NC5=O)C6=O)CC4)CC3)C2)c1. The number of carbonyl (C=O) groups is 3. The average Bonchev–Trinajstić information content (AvgIpc) is 3.76. The van der Waals surface area contributed by atoms with E-state index in [0.29, 0.717) is 47.5 Å². The number of piperazine rings is 1. The molecule has 3 atom stereocenters. The van der Waals surface area contributed by atoms with E-state index in [1.54, 1.807) is 35.2 Å². The number of nitrogens with two attached hydrogens (primary N) is 1. The van der Waals surface area contributed by atoms with E-state index in [9.17, 15) is 19.5 Å². The number of likely N-dealkylation sites (tertiary alicyclic amines) is 1. The summed E-state index contributed by atoms with van der Waals surface area (Å²) < 4.78 is 21.5. The van der Waals surface area contributed by atoms with Gasteiger partial charge in [0.1, 0.15) is 23.7 Å². The normalized spacial score (nSPS) is 26.4. The van der Waals surface area contributed by atoms with Crippen LogP contribution in [0.3, 0.4) is 0 Å². The third-order valence-electron chi connectivity index (χ3n) is 15.7. The molecule has 15 heteroatoms. The second-order valence-corrected chi connectivity index (χ2v) is 19.6. The number of phenols is 1. The van der Waals surface area contributed by atoms with E-state index in [4.69, 9.17) is 10.5 Å². The first kappa shape index (κ1) is 41.7. The number of phenolic OH excluding ortho intramolecular Hbond substituents is 1. The minimum atomic E-state index is -0.693. The molecule has 65 heavy (non-hydrogen) atoms. The summed E-state index contributed by atoms with van der Waals surface area (Å²) in [7, 11) is 0. The minimum absolute atomic E-state index is 0.00345. The third kappa shape index (κ3) is 8.10. The van der Waals surface area contributed by atoms with Gasteiger partial charge in [-0.1, -0.05) is 18.2 Å². The van der Waals surface area contributed by atoms with E-state index < -0.39 is 12.0 Å². The molecule has 7 aliphatic rings. The van der Waals surface area contributed by atoms with Crippen LogP contribution in [0.1, 0.15) is 80.1 Å². The van der Waals surface area contributed by atoms with Gasteiger partial charge in [-0.25, -0.2) is 9.97 Å². The zero-order chi connectivity index (χ0) is 44.3. The van der Waals surface area contributed by atoms with Gasteiger partial charge in [-0.2, -0.15) is 4.39 Å². The number of benzene rings is 2. The van der Waals surface area contributed by atoms with Crippen LogP contribution in [0.15, 0.2) is 66.9 Å². The zero-order valence-electron chi connectivity index (χ0n) is 36.8. The molecule has 6 fully saturated rings. The van der Waals surface area contributed by atoms with Crippen molar-refractivity contribution in [2.45, 2.75) is 95.0 Å². The summed E-state index contributed by atoms with van der Waals surface area (Å²) in [5.74, 6) is 1.52. The van der Waals surface area contributed by atoms with Crippen molar-refractivity contribution in [1.29, 1.82) is 0 Å². The maximum atomic E-state index is 15.0. The van der Waals surface area contributed by atoms with E-state index in [-0.39, 0.29) is 59.5 Å². The van der Waals surface area contributed by atoms with Gasteiger partial charge in [-0.15, -0.1) is 0 Å². The summed E-state index contributed by atoms with van der Waals surface area (Å²) in [5, 5.41) is 12.8. The van der Waals surface area contributed by atoms with Gasteiger partial charge in [0.15, 0.2) is 0 Å². The van der Waals surface area contributed by atoms with Crippen molar-refractivity contribution in [3.8, 4) is 22.8 Å². The quantitative estimate of drug-likeness (QED) is 0.127. The van der Waals surface area contributed by atoms with Crippen LogP contribution in [-0.2, 0) is 16.1 Å². The summed E-state index contributed by atoms with van der Waals surface area (Å²) in [6.45, 7) is 7.35. The number of anilines is 4. The zero-order valence-corrected chi connectivity index (χ0v) is 36.8. The number of hydrogen-bond donors (Lipinski definition) is 3. The topological polar surface area (TPSA) is 161 Å². The number of pyridine rings is 2. The number of fused-ring (bicyclic) bond motifs is 3. The van der Waals surface area contributed by atoms with Crippen molar-refractivity contribution >= 4 is 40.6 Å². The molecule has 1 aliphatic carbocycles. The van der Waals surface area contributed by atoms with Crippen molar-refractivity contribution in [3.05, 3.63) is 83.9 Å². The smallest absolute Gasteiger partial charge is 0.255 e. The van der Waals surface area contributed by atoms with E-state index in [1.165, 1.54) is 12.8 Å². The lowest BCUT2D eigenvalue weighted by atomic mass is 9.70. The van der Waals surface area contributed by atoms with Crippen molar-refractivity contribution in [2.75, 3.05) is 66.2 Å². The Labute approximate surface area is 378 Å². The number of aromatic nitrogens is 2. The lowest BCUT2D eigenvalue weighted by Gasteiger charge is -2.45. The second kappa shape index (κ2) is 17.1. The monoisotopic (exact) mass is 883 g/mol.